The van der Waals surface area contributed by atoms with Gasteiger partial charge in [-0.15, -0.1) is 0 Å². The molecule has 0 fully saturated rings. The van der Waals surface area contributed by atoms with Gasteiger partial charge in [0.25, 0.3) is 0 Å². The number of hydrogen-bond donors (Lipinski definition) is 2. The Balaban J connectivity index is 3.59. The Bertz CT molecular complexity index is 404. The van der Waals surface area contributed by atoms with E-state index in [2.05, 4.69) is 50.8 Å². The van der Waals surface area contributed by atoms with Gasteiger partial charge in [-0.3, -0.25) is 0 Å². The van der Waals surface area contributed by atoms with Crippen LogP contribution in [0.1, 0.15) is 64.0 Å². The third-order valence-corrected chi connectivity index (χ3v) is 3.39. The maximum Gasteiger partial charge on any atom is 0.123 e. The molecule has 2 nitrogen and oxygen atoms in total. The molecule has 0 saturated heterocycles. The van der Waals surface area contributed by atoms with Gasteiger partial charge < -0.3 is 10.8 Å². The molecule has 2 radical (unpaired) electrons. The summed E-state index contributed by atoms with van der Waals surface area (Å²) in [5.74, 6) is 0.0560. The molecule has 0 amide bonds. The Morgan fingerprint density at radius 1 is 1.00 bits per heavy atom. The van der Waals surface area contributed by atoms with E-state index in [1.807, 2.05) is 12.1 Å². The van der Waals surface area contributed by atoms with Crippen molar-refractivity contribution in [3.8, 4) is 5.75 Å². The molecule has 1 rings (SSSR count). The van der Waals surface area contributed by atoms with E-state index in [9.17, 15) is 5.11 Å². The molecule has 0 aromatic heterocycles. The molecule has 0 aliphatic carbocycles. The molecule has 0 heterocycles. The second kappa shape index (κ2) is 4.83. The normalized spacial score (nSPS) is 14.7. The van der Waals surface area contributed by atoms with Gasteiger partial charge in [0.15, 0.2) is 0 Å². The van der Waals surface area contributed by atoms with Gasteiger partial charge in [-0.05, 0) is 48.9 Å². The van der Waals surface area contributed by atoms with Crippen LogP contribution in [-0.2, 0) is 10.8 Å². The first kappa shape index (κ1) is 15.5. The standard InChI is InChI=1S/C15H24NOP/c1-14(2,3)10-7-9(13(16)18)8-11(12(10)17)15(4,5)6/h7-8,13,17H,16H2,1-6H3. The summed E-state index contributed by atoms with van der Waals surface area (Å²) in [7, 11) is 4.30. The lowest BCUT2D eigenvalue weighted by Gasteiger charge is -2.28. The van der Waals surface area contributed by atoms with Crippen molar-refractivity contribution >= 4 is 9.24 Å². The van der Waals surface area contributed by atoms with Gasteiger partial charge in [-0.25, -0.2) is 0 Å². The van der Waals surface area contributed by atoms with Crippen LogP contribution in [0, 0.1) is 0 Å². The maximum absolute atomic E-state index is 10.5. The van der Waals surface area contributed by atoms with Crippen molar-refractivity contribution in [1.29, 1.82) is 0 Å². The molecule has 0 spiro atoms. The monoisotopic (exact) mass is 265 g/mol. The molecular weight excluding hydrogens is 241 g/mol. The van der Waals surface area contributed by atoms with E-state index < -0.39 is 0 Å². The zero-order valence-corrected chi connectivity index (χ0v) is 13.1. The molecule has 1 aromatic carbocycles. The second-order valence-electron chi connectivity index (χ2n) is 6.91. The molecule has 0 bridgehead atoms. The van der Waals surface area contributed by atoms with Gasteiger partial charge in [-0.1, -0.05) is 41.5 Å². The van der Waals surface area contributed by atoms with Gasteiger partial charge in [0, 0.05) is 0 Å². The maximum atomic E-state index is 10.5. The van der Waals surface area contributed by atoms with Crippen molar-refractivity contribution in [2.24, 2.45) is 5.73 Å². The van der Waals surface area contributed by atoms with E-state index in [1.165, 1.54) is 0 Å². The van der Waals surface area contributed by atoms with E-state index in [4.69, 9.17) is 5.73 Å². The predicted octanol–water partition coefficient (Wildman–Crippen LogP) is 4.36. The lowest BCUT2D eigenvalue weighted by Crippen LogP contribution is -2.18. The van der Waals surface area contributed by atoms with Gasteiger partial charge in [0.2, 0.25) is 0 Å². The smallest absolute Gasteiger partial charge is 0.123 e. The molecule has 1 unspecified atom stereocenters. The Morgan fingerprint density at radius 3 is 1.56 bits per heavy atom. The molecular formula is C15H24NOP. The summed E-state index contributed by atoms with van der Waals surface area (Å²) < 4.78 is 0. The molecule has 100 valence electrons. The summed E-state index contributed by atoms with van der Waals surface area (Å²) in [5, 5.41) is 10.5. The first-order valence-corrected chi connectivity index (χ1v) is 6.77. The van der Waals surface area contributed by atoms with E-state index >= 15 is 0 Å². The van der Waals surface area contributed by atoms with Crippen LogP contribution in [0.3, 0.4) is 0 Å². The van der Waals surface area contributed by atoms with Crippen molar-refractivity contribution in [3.05, 3.63) is 28.8 Å². The fraction of sp³-hybridized carbons (Fsp3) is 0.600. The average molecular weight is 265 g/mol. The van der Waals surface area contributed by atoms with Crippen molar-refractivity contribution in [1.82, 2.24) is 0 Å². The summed E-state index contributed by atoms with van der Waals surface area (Å²) >= 11 is 0. The first-order valence-electron chi connectivity index (χ1n) is 6.26. The minimum absolute atomic E-state index is 0.122. The van der Waals surface area contributed by atoms with E-state index in [1.54, 1.807) is 0 Å². The van der Waals surface area contributed by atoms with Gasteiger partial charge >= 0.3 is 0 Å². The van der Waals surface area contributed by atoms with E-state index in [0.29, 0.717) is 5.75 Å². The topological polar surface area (TPSA) is 46.2 Å². The molecule has 3 heteroatoms. The van der Waals surface area contributed by atoms with Crippen molar-refractivity contribution in [2.45, 2.75) is 58.2 Å². The van der Waals surface area contributed by atoms with Crippen molar-refractivity contribution in [2.75, 3.05) is 0 Å². The molecule has 1 aromatic rings. The fourth-order valence-corrected chi connectivity index (χ4v) is 2.12. The SMILES string of the molecule is CC(C)(C)c1cc(C(N)[P])cc(C(C)(C)C)c1O. The van der Waals surface area contributed by atoms with Crippen LogP contribution in [0.15, 0.2) is 12.1 Å². The molecule has 3 N–H and O–H groups in total. The number of phenols is 1. The van der Waals surface area contributed by atoms with Crippen molar-refractivity contribution in [3.63, 3.8) is 0 Å². The zero-order valence-electron chi connectivity index (χ0n) is 12.2. The van der Waals surface area contributed by atoms with Crippen LogP contribution >= 0.6 is 9.24 Å². The minimum atomic E-state index is -0.326. The lowest BCUT2D eigenvalue weighted by molar-refractivity contribution is 0.422. The number of benzene rings is 1. The van der Waals surface area contributed by atoms with Gasteiger partial charge in [0.1, 0.15) is 5.75 Å². The van der Waals surface area contributed by atoms with Crippen LogP contribution < -0.4 is 5.73 Å². The summed E-state index contributed by atoms with van der Waals surface area (Å²) in [6.45, 7) is 12.5. The fourth-order valence-electron chi connectivity index (χ4n) is 1.97. The van der Waals surface area contributed by atoms with Crippen LogP contribution in [0.4, 0.5) is 0 Å². The third kappa shape index (κ3) is 3.24. The number of nitrogens with two attached hydrogens (primary N) is 1. The molecule has 0 aliphatic rings. The lowest BCUT2D eigenvalue weighted by atomic mass is 9.78. The van der Waals surface area contributed by atoms with Gasteiger partial charge in [-0.2, -0.15) is 0 Å². The molecule has 1 atom stereocenters. The highest BCUT2D eigenvalue weighted by Crippen LogP contribution is 2.41. The Kier molecular flexibility index (Phi) is 4.15. The summed E-state index contributed by atoms with van der Waals surface area (Å²) in [6, 6.07) is 3.92. The van der Waals surface area contributed by atoms with Crippen molar-refractivity contribution < 1.29 is 5.11 Å². The van der Waals surface area contributed by atoms with Crippen LogP contribution in [-0.4, -0.2) is 5.11 Å². The summed E-state index contributed by atoms with van der Waals surface area (Å²) in [6.07, 6.45) is 0. The van der Waals surface area contributed by atoms with Crippen LogP contribution in [0.5, 0.6) is 5.75 Å². The Morgan fingerprint density at radius 2 is 1.33 bits per heavy atom. The zero-order chi connectivity index (χ0) is 14.3. The largest absolute Gasteiger partial charge is 0.507 e. The number of phenolic OH excluding ortho intramolecular Hbond substituents is 1. The Labute approximate surface area is 113 Å². The van der Waals surface area contributed by atoms with E-state index in [-0.39, 0.29) is 16.6 Å². The number of hydrogen-bond acceptors (Lipinski definition) is 2. The summed E-state index contributed by atoms with van der Waals surface area (Å²) in [5.41, 5.74) is 8.43. The number of rotatable bonds is 1. The minimum Gasteiger partial charge on any atom is -0.507 e. The first-order chi connectivity index (χ1) is 7.94. The second-order valence-corrected chi connectivity index (χ2v) is 7.47. The average Bonchev–Trinajstić information content (AvgIpc) is 2.13. The molecule has 0 saturated carbocycles. The third-order valence-electron chi connectivity index (χ3n) is 3.09. The Hall–Kier alpha value is -0.590. The highest BCUT2D eigenvalue weighted by molar-refractivity contribution is 7.17. The highest BCUT2D eigenvalue weighted by Gasteiger charge is 2.26. The van der Waals surface area contributed by atoms with Crippen LogP contribution in [0.25, 0.3) is 0 Å². The number of aromatic hydroxyl groups is 1. The van der Waals surface area contributed by atoms with E-state index in [0.717, 1.165) is 16.7 Å². The summed E-state index contributed by atoms with van der Waals surface area (Å²) in [4.78, 5) is 0. The quantitative estimate of drug-likeness (QED) is 0.741. The van der Waals surface area contributed by atoms with Crippen LogP contribution in [0.2, 0.25) is 0 Å². The predicted molar refractivity (Wildman–Crippen MR) is 79.4 cm³/mol. The molecule has 18 heavy (non-hydrogen) atoms. The molecule has 0 aliphatic heterocycles. The van der Waals surface area contributed by atoms with Gasteiger partial charge in [0.05, 0.1) is 5.78 Å². The highest BCUT2D eigenvalue weighted by atomic mass is 31.0.